The summed E-state index contributed by atoms with van der Waals surface area (Å²) in [7, 11) is 0. The summed E-state index contributed by atoms with van der Waals surface area (Å²) in [5.41, 5.74) is 1.13. The maximum atomic E-state index is 12.4. The molecule has 0 N–H and O–H groups in total. The van der Waals surface area contributed by atoms with E-state index in [2.05, 4.69) is 0 Å². The summed E-state index contributed by atoms with van der Waals surface area (Å²) in [6.45, 7) is 4.32. The Morgan fingerprint density at radius 1 is 1.19 bits per heavy atom. The number of carbonyl (C=O) groups is 2. The minimum atomic E-state index is -0.151. The second kappa shape index (κ2) is 5.88. The van der Waals surface area contributed by atoms with Crippen LogP contribution in [-0.4, -0.2) is 41.2 Å². The molecule has 0 spiro atoms. The zero-order valence-corrected chi connectivity index (χ0v) is 12.5. The Balaban J connectivity index is 1.68. The molecule has 2 fully saturated rings. The molecule has 0 saturated carbocycles. The lowest BCUT2D eigenvalue weighted by Crippen LogP contribution is -2.35. The van der Waals surface area contributed by atoms with E-state index in [1.165, 1.54) is 0 Å². The molecule has 0 bridgehead atoms. The summed E-state index contributed by atoms with van der Waals surface area (Å²) < 4.78 is 0. The smallest absolute Gasteiger partial charge is 0.227 e. The number of rotatable bonds is 3. The third-order valence-electron chi connectivity index (χ3n) is 4.67. The lowest BCUT2D eigenvalue weighted by molar-refractivity contribution is -0.134. The third kappa shape index (κ3) is 2.80. The Bertz CT molecular complexity index is 523. The van der Waals surface area contributed by atoms with Gasteiger partial charge in [0.2, 0.25) is 11.8 Å². The van der Waals surface area contributed by atoms with Crippen LogP contribution in [0.3, 0.4) is 0 Å². The van der Waals surface area contributed by atoms with E-state index in [1.807, 2.05) is 47.1 Å². The Hall–Kier alpha value is -1.84. The molecule has 2 aliphatic rings. The van der Waals surface area contributed by atoms with Gasteiger partial charge in [0, 0.05) is 26.1 Å². The number of nitrogens with zero attached hydrogens (tertiary/aromatic N) is 2. The van der Waals surface area contributed by atoms with Crippen molar-refractivity contribution in [1.29, 1.82) is 0 Å². The Kier molecular flexibility index (Phi) is 3.95. The predicted octanol–water partition coefficient (Wildman–Crippen LogP) is 2.22. The number of carbonyl (C=O) groups excluding carboxylic acids is 2. The second-order valence-corrected chi connectivity index (χ2v) is 6.07. The molecular weight excluding hydrogens is 264 g/mol. The summed E-state index contributed by atoms with van der Waals surface area (Å²) in [4.78, 5) is 28.5. The van der Waals surface area contributed by atoms with E-state index in [9.17, 15) is 9.59 Å². The number of hydrogen-bond acceptors (Lipinski definition) is 2. The fraction of sp³-hybridized carbons (Fsp3) is 0.529. The Morgan fingerprint density at radius 2 is 1.86 bits per heavy atom. The molecule has 21 heavy (non-hydrogen) atoms. The average Bonchev–Trinajstić information content (AvgIpc) is 3.16. The summed E-state index contributed by atoms with van der Waals surface area (Å²) in [6.07, 6.45) is 2.56. The van der Waals surface area contributed by atoms with Crippen LogP contribution in [0.25, 0.3) is 0 Å². The molecule has 2 unspecified atom stereocenters. The zero-order valence-electron chi connectivity index (χ0n) is 12.5. The summed E-state index contributed by atoms with van der Waals surface area (Å²) in [6, 6.07) is 10.1. The maximum Gasteiger partial charge on any atom is 0.227 e. The topological polar surface area (TPSA) is 40.6 Å². The first-order chi connectivity index (χ1) is 10.2. The van der Waals surface area contributed by atoms with Crippen molar-refractivity contribution < 1.29 is 9.59 Å². The fourth-order valence-corrected chi connectivity index (χ4v) is 3.38. The minimum Gasteiger partial charge on any atom is -0.342 e. The van der Waals surface area contributed by atoms with Crippen LogP contribution in [0.2, 0.25) is 0 Å². The van der Waals surface area contributed by atoms with Crippen LogP contribution in [-0.2, 0) is 9.59 Å². The minimum absolute atomic E-state index is 0.0371. The van der Waals surface area contributed by atoms with Gasteiger partial charge in [-0.15, -0.1) is 0 Å². The van der Waals surface area contributed by atoms with Gasteiger partial charge in [-0.2, -0.15) is 0 Å². The van der Waals surface area contributed by atoms with Gasteiger partial charge in [0.05, 0.1) is 12.0 Å². The lowest BCUT2D eigenvalue weighted by atomic mass is 10.1. The van der Waals surface area contributed by atoms with Crippen LogP contribution >= 0.6 is 0 Å². The van der Waals surface area contributed by atoms with Crippen LogP contribution in [0.1, 0.15) is 37.8 Å². The van der Waals surface area contributed by atoms with E-state index in [4.69, 9.17) is 0 Å². The van der Waals surface area contributed by atoms with Crippen molar-refractivity contribution in [1.82, 2.24) is 9.80 Å². The SMILES string of the molecule is CC(c1ccccc1)N1CC(C(=O)N2CCCC2)CC1=O. The van der Waals surface area contributed by atoms with E-state index in [0.29, 0.717) is 13.0 Å². The molecular formula is C17H22N2O2. The number of benzene rings is 1. The standard InChI is InChI=1S/C17H22N2O2/c1-13(14-7-3-2-4-8-14)19-12-15(11-16(19)20)17(21)18-9-5-6-10-18/h2-4,7-8,13,15H,5-6,9-12H2,1H3. The summed E-state index contributed by atoms with van der Waals surface area (Å²) >= 11 is 0. The number of likely N-dealkylation sites (tertiary alicyclic amines) is 2. The van der Waals surface area contributed by atoms with Gasteiger partial charge in [0.15, 0.2) is 0 Å². The molecule has 2 saturated heterocycles. The summed E-state index contributed by atoms with van der Waals surface area (Å²) in [5, 5.41) is 0. The van der Waals surface area contributed by atoms with E-state index in [1.54, 1.807) is 0 Å². The molecule has 3 rings (SSSR count). The highest BCUT2D eigenvalue weighted by Gasteiger charge is 2.39. The van der Waals surface area contributed by atoms with Crippen molar-refractivity contribution >= 4 is 11.8 Å². The normalized spacial score (nSPS) is 23.7. The van der Waals surface area contributed by atoms with Crippen molar-refractivity contribution in [2.75, 3.05) is 19.6 Å². The van der Waals surface area contributed by atoms with Gasteiger partial charge in [-0.05, 0) is 25.3 Å². The molecule has 4 heteroatoms. The fourth-order valence-electron chi connectivity index (χ4n) is 3.38. The highest BCUT2D eigenvalue weighted by molar-refractivity contribution is 5.89. The molecule has 112 valence electrons. The van der Waals surface area contributed by atoms with E-state index in [0.717, 1.165) is 31.5 Å². The molecule has 0 aromatic heterocycles. The lowest BCUT2D eigenvalue weighted by Gasteiger charge is -2.26. The van der Waals surface area contributed by atoms with E-state index in [-0.39, 0.29) is 23.8 Å². The quantitative estimate of drug-likeness (QED) is 0.855. The first-order valence-corrected chi connectivity index (χ1v) is 7.80. The van der Waals surface area contributed by atoms with Crippen LogP contribution in [0.15, 0.2) is 30.3 Å². The molecule has 1 aromatic carbocycles. The Morgan fingerprint density at radius 3 is 2.52 bits per heavy atom. The predicted molar refractivity (Wildman–Crippen MR) is 80.5 cm³/mol. The van der Waals surface area contributed by atoms with E-state index < -0.39 is 0 Å². The van der Waals surface area contributed by atoms with Crippen molar-refractivity contribution in [3.63, 3.8) is 0 Å². The van der Waals surface area contributed by atoms with Crippen LogP contribution in [0, 0.1) is 5.92 Å². The van der Waals surface area contributed by atoms with Crippen LogP contribution in [0.5, 0.6) is 0 Å². The monoisotopic (exact) mass is 286 g/mol. The van der Waals surface area contributed by atoms with Gasteiger partial charge in [-0.25, -0.2) is 0 Å². The largest absolute Gasteiger partial charge is 0.342 e. The maximum absolute atomic E-state index is 12.4. The van der Waals surface area contributed by atoms with Crippen molar-refractivity contribution in [2.45, 2.75) is 32.2 Å². The van der Waals surface area contributed by atoms with Gasteiger partial charge in [-0.1, -0.05) is 30.3 Å². The highest BCUT2D eigenvalue weighted by Crippen LogP contribution is 2.29. The first kappa shape index (κ1) is 14.1. The molecule has 2 atom stereocenters. The molecule has 2 amide bonds. The average molecular weight is 286 g/mol. The van der Waals surface area contributed by atoms with E-state index >= 15 is 0 Å². The first-order valence-electron chi connectivity index (χ1n) is 7.80. The second-order valence-electron chi connectivity index (χ2n) is 6.07. The van der Waals surface area contributed by atoms with Gasteiger partial charge in [0.1, 0.15) is 0 Å². The summed E-state index contributed by atoms with van der Waals surface area (Å²) in [5.74, 6) is 0.120. The molecule has 0 aliphatic carbocycles. The molecule has 2 aliphatic heterocycles. The van der Waals surface area contributed by atoms with Gasteiger partial charge in [0.25, 0.3) is 0 Å². The Labute approximate surface area is 125 Å². The third-order valence-corrected chi connectivity index (χ3v) is 4.67. The van der Waals surface area contributed by atoms with Crippen LogP contribution < -0.4 is 0 Å². The number of amides is 2. The van der Waals surface area contributed by atoms with Gasteiger partial charge in [-0.3, -0.25) is 9.59 Å². The molecule has 4 nitrogen and oxygen atoms in total. The van der Waals surface area contributed by atoms with Crippen molar-refractivity contribution in [2.24, 2.45) is 5.92 Å². The molecule has 1 aromatic rings. The molecule has 2 heterocycles. The highest BCUT2D eigenvalue weighted by atomic mass is 16.2. The van der Waals surface area contributed by atoms with Gasteiger partial charge < -0.3 is 9.80 Å². The van der Waals surface area contributed by atoms with Crippen LogP contribution in [0.4, 0.5) is 0 Å². The zero-order chi connectivity index (χ0) is 14.8. The van der Waals surface area contributed by atoms with Crippen molar-refractivity contribution in [3.8, 4) is 0 Å². The van der Waals surface area contributed by atoms with Gasteiger partial charge >= 0.3 is 0 Å². The number of hydrogen-bond donors (Lipinski definition) is 0. The van der Waals surface area contributed by atoms with Crippen molar-refractivity contribution in [3.05, 3.63) is 35.9 Å². The molecule has 0 radical (unpaired) electrons.